The van der Waals surface area contributed by atoms with Gasteiger partial charge >= 0.3 is 5.97 Å². The predicted octanol–water partition coefficient (Wildman–Crippen LogP) is 0.324. The van der Waals surface area contributed by atoms with E-state index in [0.29, 0.717) is 45.6 Å². The number of ether oxygens (including phenoxy) is 1. The van der Waals surface area contributed by atoms with E-state index in [4.69, 9.17) is 9.84 Å². The second kappa shape index (κ2) is 6.18. The van der Waals surface area contributed by atoms with E-state index in [1.165, 1.54) is 0 Å². The Balaban J connectivity index is 2.21. The molecular weight excluding hydrogens is 210 g/mol. The van der Waals surface area contributed by atoms with E-state index in [1.54, 1.807) is 0 Å². The molecule has 0 unspecified atom stereocenters. The Labute approximate surface area is 96.0 Å². The van der Waals surface area contributed by atoms with Gasteiger partial charge in [0, 0.05) is 39.0 Å². The Morgan fingerprint density at radius 2 is 2.06 bits per heavy atom. The first-order valence-corrected chi connectivity index (χ1v) is 5.72. The second-order valence-electron chi connectivity index (χ2n) is 4.57. The van der Waals surface area contributed by atoms with Crippen LogP contribution >= 0.6 is 0 Å². The average molecular weight is 231 g/mol. The van der Waals surface area contributed by atoms with Gasteiger partial charge in [-0.3, -0.25) is 4.79 Å². The van der Waals surface area contributed by atoms with Gasteiger partial charge in [0.25, 0.3) is 0 Å². The first-order valence-electron chi connectivity index (χ1n) is 5.72. The second-order valence-corrected chi connectivity index (χ2v) is 4.57. The molecule has 5 heteroatoms. The molecule has 0 radical (unpaired) electrons. The molecule has 1 aliphatic rings. The van der Waals surface area contributed by atoms with Crippen LogP contribution in [0.25, 0.3) is 0 Å². The Bertz CT molecular complexity index is 226. The van der Waals surface area contributed by atoms with Crippen LogP contribution in [0.4, 0.5) is 0 Å². The fourth-order valence-electron chi connectivity index (χ4n) is 1.99. The lowest BCUT2D eigenvalue weighted by atomic mass is 9.94. The molecule has 5 nitrogen and oxygen atoms in total. The Hall–Kier alpha value is -0.650. The number of hydrogen-bond acceptors (Lipinski definition) is 4. The van der Waals surface area contributed by atoms with Crippen LogP contribution in [0.3, 0.4) is 0 Å². The van der Waals surface area contributed by atoms with E-state index in [0.717, 1.165) is 0 Å². The van der Waals surface area contributed by atoms with Gasteiger partial charge in [-0.15, -0.1) is 0 Å². The lowest BCUT2D eigenvalue weighted by molar-refractivity contribution is -0.137. The highest BCUT2D eigenvalue weighted by Crippen LogP contribution is 2.21. The molecule has 0 aromatic carbocycles. The number of likely N-dealkylation sites (N-methyl/N-ethyl adjacent to an activating group) is 1. The zero-order valence-electron chi connectivity index (χ0n) is 9.81. The van der Waals surface area contributed by atoms with Crippen LogP contribution in [0.1, 0.15) is 25.7 Å². The fourth-order valence-corrected chi connectivity index (χ4v) is 1.99. The standard InChI is InChI=1S/C11H21NO4/c1-12(6-2-3-10(13)14)9-11(15)4-7-16-8-5-11/h15H,2-9H2,1H3,(H,13,14). The number of rotatable bonds is 6. The quantitative estimate of drug-likeness (QED) is 0.689. The van der Waals surface area contributed by atoms with Gasteiger partial charge in [-0.05, 0) is 20.0 Å². The summed E-state index contributed by atoms with van der Waals surface area (Å²) in [6, 6.07) is 0. The summed E-state index contributed by atoms with van der Waals surface area (Å²) in [5.74, 6) is -0.766. The van der Waals surface area contributed by atoms with Crippen LogP contribution in [0.2, 0.25) is 0 Å². The molecule has 0 aliphatic carbocycles. The van der Waals surface area contributed by atoms with Gasteiger partial charge < -0.3 is 19.8 Å². The van der Waals surface area contributed by atoms with Crippen molar-refractivity contribution in [1.82, 2.24) is 4.90 Å². The maximum atomic E-state index is 10.3. The topological polar surface area (TPSA) is 70.0 Å². The van der Waals surface area contributed by atoms with Gasteiger partial charge in [-0.25, -0.2) is 0 Å². The first kappa shape index (κ1) is 13.4. The molecule has 1 saturated heterocycles. The molecule has 0 amide bonds. The lowest BCUT2D eigenvalue weighted by Crippen LogP contribution is -2.45. The molecule has 2 N–H and O–H groups in total. The van der Waals surface area contributed by atoms with Crippen molar-refractivity contribution in [1.29, 1.82) is 0 Å². The minimum absolute atomic E-state index is 0.186. The minimum atomic E-state index is -0.766. The maximum absolute atomic E-state index is 10.3. The molecule has 1 rings (SSSR count). The van der Waals surface area contributed by atoms with E-state index in [9.17, 15) is 9.90 Å². The van der Waals surface area contributed by atoms with Crippen molar-refractivity contribution >= 4 is 5.97 Å². The number of carboxylic acid groups (broad SMARTS) is 1. The van der Waals surface area contributed by atoms with Gasteiger partial charge in [0.2, 0.25) is 0 Å². The average Bonchev–Trinajstić information content (AvgIpc) is 2.17. The van der Waals surface area contributed by atoms with E-state index in [1.807, 2.05) is 11.9 Å². The number of aliphatic carboxylic acids is 1. The van der Waals surface area contributed by atoms with Crippen molar-refractivity contribution in [3.8, 4) is 0 Å². The highest BCUT2D eigenvalue weighted by atomic mass is 16.5. The third kappa shape index (κ3) is 4.92. The lowest BCUT2D eigenvalue weighted by Gasteiger charge is -2.35. The third-order valence-electron chi connectivity index (χ3n) is 2.92. The summed E-state index contributed by atoms with van der Waals surface area (Å²) in [6.45, 7) is 2.52. The number of carboxylic acids is 1. The summed E-state index contributed by atoms with van der Waals surface area (Å²) in [7, 11) is 1.91. The Morgan fingerprint density at radius 1 is 1.44 bits per heavy atom. The molecule has 0 aromatic rings. The van der Waals surface area contributed by atoms with Crippen molar-refractivity contribution in [2.75, 3.05) is 33.4 Å². The van der Waals surface area contributed by atoms with Crippen LogP contribution in [0.5, 0.6) is 0 Å². The highest BCUT2D eigenvalue weighted by Gasteiger charge is 2.30. The summed E-state index contributed by atoms with van der Waals surface area (Å²) in [5.41, 5.74) is -0.657. The van der Waals surface area contributed by atoms with Crippen LogP contribution in [0.15, 0.2) is 0 Å². The molecule has 0 atom stereocenters. The zero-order chi connectivity index (χ0) is 12.0. The number of hydrogen-bond donors (Lipinski definition) is 2. The van der Waals surface area contributed by atoms with Crippen LogP contribution < -0.4 is 0 Å². The maximum Gasteiger partial charge on any atom is 0.303 e. The molecule has 94 valence electrons. The molecule has 0 spiro atoms. The third-order valence-corrected chi connectivity index (χ3v) is 2.92. The van der Waals surface area contributed by atoms with Crippen molar-refractivity contribution in [3.63, 3.8) is 0 Å². The van der Waals surface area contributed by atoms with Crippen molar-refractivity contribution in [2.24, 2.45) is 0 Å². The van der Waals surface area contributed by atoms with Crippen LogP contribution in [-0.2, 0) is 9.53 Å². The summed E-state index contributed by atoms with van der Waals surface area (Å²) in [6.07, 6.45) is 2.14. The number of nitrogens with zero attached hydrogens (tertiary/aromatic N) is 1. The molecule has 0 bridgehead atoms. The highest BCUT2D eigenvalue weighted by molar-refractivity contribution is 5.66. The van der Waals surface area contributed by atoms with E-state index in [2.05, 4.69) is 0 Å². The van der Waals surface area contributed by atoms with E-state index < -0.39 is 11.6 Å². The predicted molar refractivity (Wildman–Crippen MR) is 59.4 cm³/mol. The molecule has 1 heterocycles. The summed E-state index contributed by atoms with van der Waals surface area (Å²) >= 11 is 0. The molecule has 0 aromatic heterocycles. The van der Waals surface area contributed by atoms with E-state index in [-0.39, 0.29) is 6.42 Å². The van der Waals surface area contributed by atoms with Crippen molar-refractivity contribution in [3.05, 3.63) is 0 Å². The Morgan fingerprint density at radius 3 is 2.62 bits per heavy atom. The van der Waals surface area contributed by atoms with Gasteiger partial charge in [-0.1, -0.05) is 0 Å². The van der Waals surface area contributed by atoms with Crippen molar-refractivity contribution < 1.29 is 19.7 Å². The molecule has 0 saturated carbocycles. The number of carbonyl (C=O) groups is 1. The Kier molecular flexibility index (Phi) is 5.18. The summed E-state index contributed by atoms with van der Waals surface area (Å²) < 4.78 is 5.20. The zero-order valence-corrected chi connectivity index (χ0v) is 9.81. The summed E-state index contributed by atoms with van der Waals surface area (Å²) in [5, 5.41) is 18.7. The molecule has 1 aliphatic heterocycles. The largest absolute Gasteiger partial charge is 0.481 e. The normalized spacial score (nSPS) is 19.9. The first-order chi connectivity index (χ1) is 7.52. The number of aliphatic hydroxyl groups is 1. The SMILES string of the molecule is CN(CCCC(=O)O)CC1(O)CCOCC1. The van der Waals surface area contributed by atoms with Gasteiger partial charge in [0.05, 0.1) is 5.60 Å². The van der Waals surface area contributed by atoms with Gasteiger partial charge in [-0.2, -0.15) is 0 Å². The van der Waals surface area contributed by atoms with Gasteiger partial charge in [0.1, 0.15) is 0 Å². The van der Waals surface area contributed by atoms with Crippen molar-refractivity contribution in [2.45, 2.75) is 31.3 Å². The van der Waals surface area contributed by atoms with E-state index >= 15 is 0 Å². The van der Waals surface area contributed by atoms with Gasteiger partial charge in [0.15, 0.2) is 0 Å². The summed E-state index contributed by atoms with van der Waals surface area (Å²) in [4.78, 5) is 12.3. The fraction of sp³-hybridized carbons (Fsp3) is 0.909. The smallest absolute Gasteiger partial charge is 0.303 e. The monoisotopic (exact) mass is 231 g/mol. The molecule has 16 heavy (non-hydrogen) atoms. The minimum Gasteiger partial charge on any atom is -0.481 e. The molecule has 1 fully saturated rings. The molecular formula is C11H21NO4. The van der Waals surface area contributed by atoms with Crippen LogP contribution in [0, 0.1) is 0 Å². The van der Waals surface area contributed by atoms with Crippen LogP contribution in [-0.4, -0.2) is 60.0 Å².